The highest BCUT2D eigenvalue weighted by Crippen LogP contribution is 2.47. The molecule has 0 fully saturated rings. The van der Waals surface area contributed by atoms with E-state index in [0.717, 1.165) is 30.4 Å². The molecule has 23 heavy (non-hydrogen) atoms. The van der Waals surface area contributed by atoms with Gasteiger partial charge in [0.05, 0.1) is 10.9 Å². The summed E-state index contributed by atoms with van der Waals surface area (Å²) in [6, 6.07) is 7.62. The van der Waals surface area contributed by atoms with Gasteiger partial charge in [0.25, 0.3) is 0 Å². The third-order valence-electron chi connectivity index (χ3n) is 5.46. The Hall–Kier alpha value is -2.03. The standard InChI is InChI=1S/C20H22O3/c1-12(2)13-8-9-20(3)11-15-18(23-17(20)10-13)14-6-4-5-7-16(14)22-19(15)21/h4-7,10,12,17H,8-9,11H2,1-3H3/t17-,20-/m0/s1. The van der Waals surface area contributed by atoms with E-state index in [-0.39, 0.29) is 17.1 Å². The number of hydrogen-bond donors (Lipinski definition) is 0. The lowest BCUT2D eigenvalue weighted by molar-refractivity contribution is 0.0585. The fourth-order valence-electron chi connectivity index (χ4n) is 3.88. The van der Waals surface area contributed by atoms with Crippen LogP contribution in [0.15, 0.2) is 45.1 Å². The highest BCUT2D eigenvalue weighted by molar-refractivity contribution is 5.84. The lowest BCUT2D eigenvalue weighted by atomic mass is 9.68. The van der Waals surface area contributed by atoms with Crippen molar-refractivity contribution in [3.8, 4) is 5.75 Å². The van der Waals surface area contributed by atoms with Crippen LogP contribution in [0.3, 0.4) is 0 Å². The minimum Gasteiger partial charge on any atom is -0.484 e. The zero-order valence-electron chi connectivity index (χ0n) is 13.9. The molecule has 2 heterocycles. The van der Waals surface area contributed by atoms with Gasteiger partial charge in [0.15, 0.2) is 0 Å². The smallest absolute Gasteiger partial charge is 0.343 e. The van der Waals surface area contributed by atoms with Gasteiger partial charge in [-0.2, -0.15) is 0 Å². The van der Waals surface area contributed by atoms with Crippen molar-refractivity contribution in [3.05, 3.63) is 51.9 Å². The van der Waals surface area contributed by atoms with E-state index in [4.69, 9.17) is 9.15 Å². The zero-order valence-corrected chi connectivity index (χ0v) is 13.9. The van der Waals surface area contributed by atoms with E-state index in [1.807, 2.05) is 24.3 Å². The van der Waals surface area contributed by atoms with Gasteiger partial charge in [0.1, 0.15) is 17.4 Å². The van der Waals surface area contributed by atoms with E-state index >= 15 is 0 Å². The highest BCUT2D eigenvalue weighted by Gasteiger charge is 2.43. The molecule has 1 aliphatic carbocycles. The molecular weight excluding hydrogens is 288 g/mol. The monoisotopic (exact) mass is 310 g/mol. The van der Waals surface area contributed by atoms with Crippen LogP contribution in [0.25, 0.3) is 11.0 Å². The van der Waals surface area contributed by atoms with Gasteiger partial charge in [-0.15, -0.1) is 0 Å². The van der Waals surface area contributed by atoms with Crippen LogP contribution in [0.1, 0.15) is 39.2 Å². The Morgan fingerprint density at radius 2 is 2.04 bits per heavy atom. The first-order valence-corrected chi connectivity index (χ1v) is 8.40. The molecule has 3 nitrogen and oxygen atoms in total. The summed E-state index contributed by atoms with van der Waals surface area (Å²) in [5, 5.41) is 0.897. The van der Waals surface area contributed by atoms with Crippen molar-refractivity contribution in [2.45, 2.75) is 46.1 Å². The van der Waals surface area contributed by atoms with Gasteiger partial charge in [0, 0.05) is 5.41 Å². The van der Waals surface area contributed by atoms with Crippen LogP contribution >= 0.6 is 0 Å². The number of benzene rings is 1. The summed E-state index contributed by atoms with van der Waals surface area (Å²) < 4.78 is 11.9. The Balaban J connectivity index is 1.89. The molecule has 0 saturated heterocycles. The molecule has 0 N–H and O–H groups in total. The molecule has 0 spiro atoms. The molecule has 2 atom stereocenters. The molecule has 0 saturated carbocycles. The molecule has 0 bridgehead atoms. The second-order valence-corrected chi connectivity index (χ2v) is 7.46. The molecule has 0 amide bonds. The van der Waals surface area contributed by atoms with Crippen molar-refractivity contribution >= 4 is 11.0 Å². The van der Waals surface area contributed by atoms with Crippen molar-refractivity contribution < 1.29 is 9.15 Å². The maximum Gasteiger partial charge on any atom is 0.343 e. The SMILES string of the molecule is CC(C)C1=C[C@@H]2Oc3c(c(=O)oc4ccccc34)C[C@]2(C)CC1. The first-order chi connectivity index (χ1) is 11.0. The molecule has 2 aliphatic rings. The van der Waals surface area contributed by atoms with E-state index in [1.54, 1.807) is 0 Å². The summed E-state index contributed by atoms with van der Waals surface area (Å²) in [4.78, 5) is 12.4. The third-order valence-corrected chi connectivity index (χ3v) is 5.46. The van der Waals surface area contributed by atoms with Gasteiger partial charge in [-0.3, -0.25) is 0 Å². The predicted molar refractivity (Wildman–Crippen MR) is 90.9 cm³/mol. The second kappa shape index (κ2) is 4.98. The maximum absolute atomic E-state index is 12.4. The summed E-state index contributed by atoms with van der Waals surface area (Å²) in [6.45, 7) is 6.69. The van der Waals surface area contributed by atoms with Crippen LogP contribution in [0.5, 0.6) is 5.75 Å². The Bertz CT molecular complexity index is 859. The molecule has 3 heteroatoms. The van der Waals surface area contributed by atoms with E-state index in [1.165, 1.54) is 5.57 Å². The Labute approximate surface area is 136 Å². The molecule has 1 aliphatic heterocycles. The average Bonchev–Trinajstić information content (AvgIpc) is 2.53. The van der Waals surface area contributed by atoms with Gasteiger partial charge in [-0.05, 0) is 43.4 Å². The highest BCUT2D eigenvalue weighted by atomic mass is 16.5. The van der Waals surface area contributed by atoms with Crippen molar-refractivity contribution in [3.63, 3.8) is 0 Å². The van der Waals surface area contributed by atoms with Crippen molar-refractivity contribution in [2.75, 3.05) is 0 Å². The molecule has 1 aromatic carbocycles. The van der Waals surface area contributed by atoms with Gasteiger partial charge in [-0.1, -0.05) is 38.5 Å². The quantitative estimate of drug-likeness (QED) is 0.576. The molecule has 120 valence electrons. The van der Waals surface area contributed by atoms with E-state index in [0.29, 0.717) is 17.1 Å². The lowest BCUT2D eigenvalue weighted by Gasteiger charge is -2.44. The number of para-hydroxylation sites is 1. The van der Waals surface area contributed by atoms with Crippen LogP contribution in [0, 0.1) is 11.3 Å². The zero-order chi connectivity index (χ0) is 16.2. The molecule has 0 radical (unpaired) electrons. The molecule has 2 aromatic rings. The normalized spacial score (nSPS) is 26.4. The van der Waals surface area contributed by atoms with Gasteiger partial charge >= 0.3 is 5.63 Å². The summed E-state index contributed by atoms with van der Waals surface area (Å²) in [5.74, 6) is 1.27. The van der Waals surface area contributed by atoms with Gasteiger partial charge in [0.2, 0.25) is 0 Å². The summed E-state index contributed by atoms with van der Waals surface area (Å²) in [6.07, 6.45) is 5.18. The van der Waals surface area contributed by atoms with Crippen LogP contribution in [0.4, 0.5) is 0 Å². The lowest BCUT2D eigenvalue weighted by Crippen LogP contribution is -2.45. The molecule has 0 unspecified atom stereocenters. The Kier molecular flexibility index (Phi) is 3.15. The average molecular weight is 310 g/mol. The van der Waals surface area contributed by atoms with Crippen LogP contribution in [0.2, 0.25) is 0 Å². The van der Waals surface area contributed by atoms with Crippen molar-refractivity contribution in [1.82, 2.24) is 0 Å². The fraction of sp³-hybridized carbons (Fsp3) is 0.450. The van der Waals surface area contributed by atoms with E-state index in [2.05, 4.69) is 26.8 Å². The minimum absolute atomic E-state index is 0.0253. The summed E-state index contributed by atoms with van der Waals surface area (Å²) >= 11 is 0. The van der Waals surface area contributed by atoms with Crippen molar-refractivity contribution in [2.24, 2.45) is 11.3 Å². The predicted octanol–water partition coefficient (Wildman–Crippen LogP) is 4.48. The first kappa shape index (κ1) is 14.6. The second-order valence-electron chi connectivity index (χ2n) is 7.46. The number of fused-ring (bicyclic) bond motifs is 4. The van der Waals surface area contributed by atoms with Crippen LogP contribution < -0.4 is 10.4 Å². The first-order valence-electron chi connectivity index (χ1n) is 8.40. The summed E-state index contributed by atoms with van der Waals surface area (Å²) in [5.41, 5.74) is 2.48. The van der Waals surface area contributed by atoms with Crippen LogP contribution in [-0.2, 0) is 6.42 Å². The van der Waals surface area contributed by atoms with Crippen LogP contribution in [-0.4, -0.2) is 6.10 Å². The Morgan fingerprint density at radius 1 is 1.26 bits per heavy atom. The fourth-order valence-corrected chi connectivity index (χ4v) is 3.88. The third kappa shape index (κ3) is 2.21. The largest absolute Gasteiger partial charge is 0.484 e. The molecule has 4 rings (SSSR count). The van der Waals surface area contributed by atoms with E-state index in [9.17, 15) is 4.79 Å². The number of rotatable bonds is 1. The number of ether oxygens (including phenoxy) is 1. The summed E-state index contributed by atoms with van der Waals surface area (Å²) in [7, 11) is 0. The van der Waals surface area contributed by atoms with E-state index < -0.39 is 0 Å². The minimum atomic E-state index is -0.253. The molecule has 1 aromatic heterocycles. The Morgan fingerprint density at radius 3 is 2.83 bits per heavy atom. The topological polar surface area (TPSA) is 39.4 Å². The number of hydrogen-bond acceptors (Lipinski definition) is 3. The van der Waals surface area contributed by atoms with Gasteiger partial charge in [-0.25, -0.2) is 4.79 Å². The maximum atomic E-state index is 12.4. The van der Waals surface area contributed by atoms with Crippen molar-refractivity contribution in [1.29, 1.82) is 0 Å². The number of allylic oxidation sites excluding steroid dienone is 1. The molecular formula is C20H22O3. The van der Waals surface area contributed by atoms with Gasteiger partial charge < -0.3 is 9.15 Å².